The zero-order valence-electron chi connectivity index (χ0n) is 77.4. The van der Waals surface area contributed by atoms with Crippen LogP contribution in [0.25, 0.3) is 10.9 Å². The number of morpholine rings is 1. The van der Waals surface area contributed by atoms with Gasteiger partial charge in [0.1, 0.15) is 96.6 Å². The molecule has 14 atom stereocenters. The van der Waals surface area contributed by atoms with E-state index in [-0.39, 0.29) is 63.2 Å². The molecule has 3 aliphatic heterocycles. The van der Waals surface area contributed by atoms with Crippen LogP contribution in [0.4, 0.5) is 13.2 Å². The molecule has 1 aromatic heterocycles. The molecule has 7 aromatic rings. The molecule has 6 aromatic carbocycles. The van der Waals surface area contributed by atoms with Gasteiger partial charge in [-0.3, -0.25) is 81.5 Å². The van der Waals surface area contributed by atoms with E-state index in [4.69, 9.17) is 15.2 Å². The van der Waals surface area contributed by atoms with Crippen LogP contribution in [0.3, 0.4) is 0 Å². The Bertz CT molecular complexity index is 5570. The number of H-pyrrole nitrogens is 1. The number of aliphatic carboxylic acids is 1. The number of amides is 15. The summed E-state index contributed by atoms with van der Waals surface area (Å²) in [6.07, 6.45) is -4.94. The van der Waals surface area contributed by atoms with Gasteiger partial charge in [-0.15, -0.1) is 11.8 Å². The molecule has 744 valence electrons. The fourth-order valence-electron chi connectivity index (χ4n) is 16.6. The summed E-state index contributed by atoms with van der Waals surface area (Å²) < 4.78 is 56.1. The lowest BCUT2D eigenvalue weighted by molar-refractivity contribution is -0.153. The number of phenolic OH excluding ortho intramolecular Hbond substituents is 2. The van der Waals surface area contributed by atoms with Crippen LogP contribution in [0.1, 0.15) is 86.8 Å². The lowest BCUT2D eigenvalue weighted by Crippen LogP contribution is -2.64. The molecule has 0 radical (unpaired) electrons. The second-order valence-corrected chi connectivity index (χ2v) is 36.1. The van der Waals surface area contributed by atoms with Crippen molar-refractivity contribution in [2.75, 3.05) is 72.1 Å². The van der Waals surface area contributed by atoms with Crippen LogP contribution < -0.4 is 53.6 Å². The van der Waals surface area contributed by atoms with Gasteiger partial charge in [0.15, 0.2) is 17.5 Å². The highest BCUT2D eigenvalue weighted by molar-refractivity contribution is 8.00. The number of hydrogen-bond acceptors (Lipinski definition) is 23. The number of halogens is 3. The lowest BCUT2D eigenvalue weighted by atomic mass is 9.98. The average Bonchev–Trinajstić information content (AvgIpc) is 1.65. The molecule has 16 N–H and O–H groups in total. The first-order chi connectivity index (χ1) is 66.2. The second kappa shape index (κ2) is 50.0. The van der Waals surface area contributed by atoms with Crippen LogP contribution in [-0.4, -0.2) is 308 Å². The zero-order chi connectivity index (χ0) is 101. The molecule has 3 fully saturated rings. The number of fused-ring (bicyclic) bond motifs is 3. The van der Waals surface area contributed by atoms with E-state index in [1.165, 1.54) is 69.4 Å². The van der Waals surface area contributed by atoms with Gasteiger partial charge in [-0.25, -0.2) is 13.2 Å². The first kappa shape index (κ1) is 107. The number of para-hydroxylation sites is 1. The number of primary amides is 1. The quantitative estimate of drug-likeness (QED) is 0.0287. The third-order valence-corrected chi connectivity index (χ3v) is 25.1. The molecule has 15 amide bonds. The fraction of sp³-hybridized carbons (Fsp3) is 0.427. The number of likely N-dealkylation sites (N-methyl/N-ethyl adjacent to an activating group) is 3. The number of phenols is 2. The minimum Gasteiger partial charge on any atom is -0.508 e. The standard InChI is InChI=1S/C96H115F3N16O23S/c1-52(2)34-67-85(125)109-73(84(124)102-45-79(100)120)49-139-50-80(121)103-70(39-58-35-64(97)82(99)65(98)36-58)92(132)113(7)77(41-55-18-12-9-13-19-55)94(134)111(5)74(30-31-81(122)123)95(135)115-46-62(119)43-76(115)90(130)108-72(47-138-51-116)88(128)110-83(53(3)4)96(136)112(6)75(40-54-16-10-8-11-17-54)89(129)107-71(38-57-24-28-61(118)29-25-57)93(133)114-32-33-137-48-78(114)91(131)106-69(42-59-44-101-66-21-15-14-20-63(59)66)87(127)105-68(86(126)104-67)37-56-22-26-60(117)27-23-56/h8-29,35-36,44,51-53,62,67-78,83,101,117-119H,30-34,37-43,45-50H2,1-7H3,(H2,100,120)(H,102,124)(H,103,121)(H,104,126)(H,105,127)(H,106,131)(H,107,129)(H,108,130)(H,109,125)(H,110,128)(H,122,123)/t62-,67+,68+,69+,70+,71+,72+,73+,74+,75+,76-,77+,78-,83+/m1/s1. The van der Waals surface area contributed by atoms with Gasteiger partial charge in [0.05, 0.1) is 31.6 Å². The molecular weight excluding hydrogens is 1830 g/mol. The van der Waals surface area contributed by atoms with Gasteiger partial charge < -0.3 is 113 Å². The highest BCUT2D eigenvalue weighted by atomic mass is 32.2. The Morgan fingerprint density at radius 2 is 1.06 bits per heavy atom. The summed E-state index contributed by atoms with van der Waals surface area (Å²) in [6, 6.07) is 12.5. The summed E-state index contributed by atoms with van der Waals surface area (Å²) in [6.45, 7) is 2.87. The number of aromatic nitrogens is 1. The molecule has 0 bridgehead atoms. The largest absolute Gasteiger partial charge is 0.508 e. The minimum atomic E-state index is -1.98. The maximum absolute atomic E-state index is 15.9. The molecule has 0 spiro atoms. The van der Waals surface area contributed by atoms with Crippen LogP contribution in [0.2, 0.25) is 0 Å². The number of benzene rings is 6. The molecule has 0 unspecified atom stereocenters. The topological polar surface area (TPSA) is 556 Å². The smallest absolute Gasteiger partial charge is 0.303 e. The molecule has 10 rings (SSSR count). The number of rotatable bonds is 24. The Hall–Kier alpha value is -14.5. The van der Waals surface area contributed by atoms with Gasteiger partial charge >= 0.3 is 5.97 Å². The van der Waals surface area contributed by atoms with E-state index in [1.807, 2.05) is 0 Å². The molecule has 4 heterocycles. The van der Waals surface area contributed by atoms with Crippen molar-refractivity contribution in [1.82, 2.24) is 77.3 Å². The maximum atomic E-state index is 15.9. The van der Waals surface area contributed by atoms with E-state index in [0.717, 1.165) is 38.6 Å². The van der Waals surface area contributed by atoms with Crippen molar-refractivity contribution < 1.29 is 125 Å². The molecule has 0 saturated carbocycles. The Balaban J connectivity index is 1.07. The first-order valence-corrected chi connectivity index (χ1v) is 46.1. The molecule has 39 nitrogen and oxygen atoms in total. The summed E-state index contributed by atoms with van der Waals surface area (Å²) in [5.41, 5.74) is 7.57. The zero-order valence-corrected chi connectivity index (χ0v) is 78.2. The number of carboxylic acids is 1. The van der Waals surface area contributed by atoms with Crippen LogP contribution in [-0.2, 0) is 130 Å². The highest BCUT2D eigenvalue weighted by Crippen LogP contribution is 2.29. The van der Waals surface area contributed by atoms with Gasteiger partial charge in [0, 0.05) is 108 Å². The highest BCUT2D eigenvalue weighted by Gasteiger charge is 2.48. The van der Waals surface area contributed by atoms with Crippen molar-refractivity contribution in [3.63, 3.8) is 0 Å². The number of aliphatic hydroxyl groups is 1. The fourth-order valence-corrected chi connectivity index (χ4v) is 17.4. The van der Waals surface area contributed by atoms with E-state index in [9.17, 15) is 58.4 Å². The number of nitrogens with one attached hydrogen (secondary N) is 10. The number of ether oxygens (including phenoxy) is 2. The number of carbonyl (C=O) groups excluding carboxylic acids is 16. The van der Waals surface area contributed by atoms with E-state index < -0.39 is 284 Å². The minimum absolute atomic E-state index is 0.0699. The summed E-state index contributed by atoms with van der Waals surface area (Å²) in [5.74, 6) is -25.9. The maximum Gasteiger partial charge on any atom is 0.303 e. The van der Waals surface area contributed by atoms with Crippen molar-refractivity contribution in [2.24, 2.45) is 17.6 Å². The van der Waals surface area contributed by atoms with Gasteiger partial charge in [0.2, 0.25) is 88.6 Å². The average molecular weight is 1950 g/mol. The van der Waals surface area contributed by atoms with Crippen LogP contribution in [0.5, 0.6) is 11.5 Å². The summed E-state index contributed by atoms with van der Waals surface area (Å²) >= 11 is 0.621. The number of aliphatic hydroxyl groups excluding tert-OH is 1. The number of thioether (sulfide) groups is 1. The van der Waals surface area contributed by atoms with E-state index in [1.54, 1.807) is 105 Å². The number of aromatic amines is 1. The molecule has 3 aliphatic rings. The number of carbonyl (C=O) groups is 17. The van der Waals surface area contributed by atoms with Crippen LogP contribution in [0.15, 0.2) is 152 Å². The van der Waals surface area contributed by atoms with Gasteiger partial charge in [-0.05, 0) is 101 Å². The molecule has 43 heteroatoms. The predicted molar refractivity (Wildman–Crippen MR) is 496 cm³/mol. The molecule has 139 heavy (non-hydrogen) atoms. The summed E-state index contributed by atoms with van der Waals surface area (Å²) in [7, 11) is 3.39. The van der Waals surface area contributed by atoms with Crippen LogP contribution in [0, 0.1) is 29.3 Å². The number of carboxylic acid groups (broad SMARTS) is 1. The Labute approximate surface area is 802 Å². The monoisotopic (exact) mass is 1950 g/mol. The van der Waals surface area contributed by atoms with Gasteiger partial charge in [0.25, 0.3) is 6.47 Å². The summed E-state index contributed by atoms with van der Waals surface area (Å²) in [4.78, 5) is 259. The Kier molecular flexibility index (Phi) is 38.3. The third-order valence-electron chi connectivity index (χ3n) is 24.0. The predicted octanol–water partition coefficient (Wildman–Crippen LogP) is 0.389. The van der Waals surface area contributed by atoms with E-state index in [0.29, 0.717) is 62.6 Å². The van der Waals surface area contributed by atoms with Gasteiger partial charge in [-0.1, -0.05) is 131 Å². The van der Waals surface area contributed by atoms with E-state index >= 15 is 56.7 Å². The van der Waals surface area contributed by atoms with Crippen molar-refractivity contribution in [2.45, 2.75) is 177 Å². The third kappa shape index (κ3) is 29.5. The molecule has 0 aliphatic carbocycles. The molecular formula is C96H115F3N16O23S. The van der Waals surface area contributed by atoms with Crippen molar-refractivity contribution >= 4 is 124 Å². The number of nitrogens with zero attached hydrogens (tertiary/aromatic N) is 5. The summed E-state index contributed by atoms with van der Waals surface area (Å²) in [5, 5.41) is 66.6. The molecule has 3 saturated heterocycles. The second-order valence-electron chi connectivity index (χ2n) is 35.1. The number of aromatic hydroxyl groups is 2. The number of hydrogen-bond donors (Lipinski definition) is 15. The Morgan fingerprint density at radius 3 is 1.65 bits per heavy atom. The van der Waals surface area contributed by atoms with Gasteiger partial charge in [-0.2, -0.15) is 0 Å². The normalized spacial score (nSPS) is 23.6. The number of nitrogens with two attached hydrogens (primary N) is 1. The van der Waals surface area contributed by atoms with Crippen molar-refractivity contribution in [3.8, 4) is 11.5 Å². The SMILES string of the molecule is CC(C)C[C@@H]1NC(=O)[C@H](Cc2ccc(O)cc2)NC(=O)[C@H](Cc2c[nH]c3ccccc23)NC(=O)[C@H]2COCCN2C(=O)[C@H](Cc2ccc(O)cc2)NC(=O)[C@H](Cc2ccccc2)N(C)C(=O)[C@H](C(C)C)NC(=O)[C@H](COC=O)NC(=O)[C@H]2C[C@@H](O)CN2C(=O)[C@H](CCC(=O)O)N(C)C(=O)[C@H](Cc2ccccc2)N(C)C(=O)[C@H](Cc2cc(F)c(F)c(F)c2)NC(=O)CSC[C@@H](C(=O)NCC(N)=O)NC1=O. The first-order valence-electron chi connectivity index (χ1n) is 45.0. The van der Waals surface area contributed by atoms with Crippen molar-refractivity contribution in [3.05, 3.63) is 203 Å². The lowest BCUT2D eigenvalue weighted by Gasteiger charge is -2.38. The van der Waals surface area contributed by atoms with Crippen LogP contribution >= 0.6 is 11.8 Å². The Morgan fingerprint density at radius 1 is 0.547 bits per heavy atom. The van der Waals surface area contributed by atoms with Crippen molar-refractivity contribution in [1.29, 1.82) is 0 Å². The van der Waals surface area contributed by atoms with E-state index in [2.05, 4.69) is 52.8 Å².